The van der Waals surface area contributed by atoms with Gasteiger partial charge in [-0.2, -0.15) is 5.10 Å². The maximum absolute atomic E-state index is 12.4. The van der Waals surface area contributed by atoms with E-state index in [4.69, 9.17) is 9.47 Å². The summed E-state index contributed by atoms with van der Waals surface area (Å²) in [6.45, 7) is 0. The van der Waals surface area contributed by atoms with Gasteiger partial charge in [0, 0.05) is 11.6 Å². The standard InChI is InChI=1S/C18H24N4O3/c1-24-16-7-8-17(25-2)13(9-16)10-18(23)21-14-3-5-15(6-4-14)22-12-19-11-20-22/h7-9,11-12,14-15H,3-6,10H2,1-2H3,(H,21,23). The van der Waals surface area contributed by atoms with E-state index in [0.717, 1.165) is 37.0 Å². The van der Waals surface area contributed by atoms with Gasteiger partial charge >= 0.3 is 0 Å². The summed E-state index contributed by atoms with van der Waals surface area (Å²) in [5, 5.41) is 7.35. The fraction of sp³-hybridized carbons (Fsp3) is 0.500. The lowest BCUT2D eigenvalue weighted by Gasteiger charge is -2.29. The van der Waals surface area contributed by atoms with Gasteiger partial charge in [-0.15, -0.1) is 0 Å². The van der Waals surface area contributed by atoms with Crippen molar-refractivity contribution in [1.82, 2.24) is 20.1 Å². The zero-order chi connectivity index (χ0) is 17.6. The number of nitrogens with zero attached hydrogens (tertiary/aromatic N) is 3. The molecule has 0 bridgehead atoms. The molecule has 1 fully saturated rings. The van der Waals surface area contributed by atoms with Crippen LogP contribution in [0.1, 0.15) is 37.3 Å². The van der Waals surface area contributed by atoms with Gasteiger partial charge in [-0.3, -0.25) is 4.79 Å². The van der Waals surface area contributed by atoms with Crippen LogP contribution in [0.25, 0.3) is 0 Å². The number of benzene rings is 1. The molecule has 1 amide bonds. The van der Waals surface area contributed by atoms with Gasteiger partial charge in [0.25, 0.3) is 0 Å². The van der Waals surface area contributed by atoms with Crippen molar-refractivity contribution in [3.8, 4) is 11.5 Å². The van der Waals surface area contributed by atoms with Crippen LogP contribution >= 0.6 is 0 Å². The molecule has 1 heterocycles. The van der Waals surface area contributed by atoms with Gasteiger partial charge in [-0.05, 0) is 43.9 Å². The summed E-state index contributed by atoms with van der Waals surface area (Å²) in [5.74, 6) is 1.43. The Balaban J connectivity index is 1.53. The van der Waals surface area contributed by atoms with Crippen molar-refractivity contribution in [1.29, 1.82) is 0 Å². The number of nitrogens with one attached hydrogen (secondary N) is 1. The molecule has 1 aromatic carbocycles. The molecule has 1 aliphatic carbocycles. The lowest BCUT2D eigenvalue weighted by molar-refractivity contribution is -0.121. The predicted octanol–water partition coefficient (Wildman–Crippen LogP) is 2.14. The number of hydrogen-bond donors (Lipinski definition) is 1. The topological polar surface area (TPSA) is 78.3 Å². The smallest absolute Gasteiger partial charge is 0.224 e. The molecule has 3 rings (SSSR count). The third-order valence-corrected chi connectivity index (χ3v) is 4.71. The lowest BCUT2D eigenvalue weighted by Crippen LogP contribution is -2.38. The minimum Gasteiger partial charge on any atom is -0.497 e. The van der Waals surface area contributed by atoms with Crippen LogP contribution in [-0.2, 0) is 11.2 Å². The summed E-state index contributed by atoms with van der Waals surface area (Å²) in [5.41, 5.74) is 0.829. The SMILES string of the molecule is COc1ccc(OC)c(CC(=O)NC2CCC(n3cncn3)CC2)c1. The van der Waals surface area contributed by atoms with Crippen LogP contribution in [0.5, 0.6) is 11.5 Å². The second-order valence-corrected chi connectivity index (χ2v) is 6.30. The van der Waals surface area contributed by atoms with E-state index < -0.39 is 0 Å². The number of carbonyl (C=O) groups is 1. The Hall–Kier alpha value is -2.57. The summed E-state index contributed by atoms with van der Waals surface area (Å²) in [6, 6.07) is 6.09. The van der Waals surface area contributed by atoms with E-state index in [2.05, 4.69) is 15.4 Å². The normalized spacial score (nSPS) is 20.1. The fourth-order valence-corrected chi connectivity index (χ4v) is 3.36. The van der Waals surface area contributed by atoms with Gasteiger partial charge in [0.05, 0.1) is 26.7 Å². The molecule has 7 nitrogen and oxygen atoms in total. The van der Waals surface area contributed by atoms with Gasteiger partial charge in [-0.1, -0.05) is 0 Å². The van der Waals surface area contributed by atoms with Gasteiger partial charge in [0.15, 0.2) is 0 Å². The molecule has 1 saturated carbocycles. The molecule has 1 N–H and O–H groups in total. The number of rotatable bonds is 6. The number of ether oxygens (including phenoxy) is 2. The second kappa shape index (κ2) is 8.00. The van der Waals surface area contributed by atoms with Gasteiger partial charge in [0.2, 0.25) is 5.91 Å². The van der Waals surface area contributed by atoms with Crippen molar-refractivity contribution in [2.75, 3.05) is 14.2 Å². The Bertz CT molecular complexity index is 694. The summed E-state index contributed by atoms with van der Waals surface area (Å²) in [4.78, 5) is 16.4. The largest absolute Gasteiger partial charge is 0.497 e. The first-order valence-corrected chi connectivity index (χ1v) is 8.54. The number of amides is 1. The lowest BCUT2D eigenvalue weighted by atomic mass is 9.91. The zero-order valence-electron chi connectivity index (χ0n) is 14.6. The third-order valence-electron chi connectivity index (χ3n) is 4.71. The van der Waals surface area contributed by atoms with Crippen LogP contribution in [0.3, 0.4) is 0 Å². The van der Waals surface area contributed by atoms with E-state index >= 15 is 0 Å². The molecule has 0 saturated heterocycles. The molecule has 0 spiro atoms. The Morgan fingerprint density at radius 3 is 2.68 bits per heavy atom. The third kappa shape index (κ3) is 4.29. The van der Waals surface area contributed by atoms with E-state index in [-0.39, 0.29) is 18.4 Å². The minimum absolute atomic E-state index is 0.00996. The minimum atomic E-state index is 0.00996. The molecule has 0 atom stereocenters. The summed E-state index contributed by atoms with van der Waals surface area (Å²) in [6.07, 6.45) is 7.50. The Morgan fingerprint density at radius 1 is 1.24 bits per heavy atom. The van der Waals surface area contributed by atoms with E-state index in [1.54, 1.807) is 26.9 Å². The molecular weight excluding hydrogens is 320 g/mol. The monoisotopic (exact) mass is 344 g/mol. The molecule has 1 aliphatic rings. The molecule has 134 valence electrons. The highest BCUT2D eigenvalue weighted by Crippen LogP contribution is 2.28. The maximum atomic E-state index is 12.4. The molecule has 0 aliphatic heterocycles. The zero-order valence-corrected chi connectivity index (χ0v) is 14.6. The average Bonchev–Trinajstić information content (AvgIpc) is 3.17. The van der Waals surface area contributed by atoms with E-state index in [0.29, 0.717) is 11.8 Å². The van der Waals surface area contributed by atoms with E-state index in [9.17, 15) is 4.79 Å². The van der Waals surface area contributed by atoms with Gasteiger partial charge in [0.1, 0.15) is 24.2 Å². The van der Waals surface area contributed by atoms with Gasteiger partial charge < -0.3 is 14.8 Å². The summed E-state index contributed by atoms with van der Waals surface area (Å²) in [7, 11) is 3.22. The second-order valence-electron chi connectivity index (χ2n) is 6.30. The Morgan fingerprint density at radius 2 is 2.04 bits per heavy atom. The Kier molecular flexibility index (Phi) is 5.53. The van der Waals surface area contributed by atoms with Crippen LogP contribution in [0.2, 0.25) is 0 Å². The first-order chi connectivity index (χ1) is 12.2. The quantitative estimate of drug-likeness (QED) is 0.869. The molecule has 0 unspecified atom stereocenters. The maximum Gasteiger partial charge on any atom is 0.224 e. The van der Waals surface area contributed by atoms with Crippen molar-refractivity contribution in [2.24, 2.45) is 0 Å². The van der Waals surface area contributed by atoms with Crippen molar-refractivity contribution in [3.05, 3.63) is 36.4 Å². The molecule has 0 radical (unpaired) electrons. The fourth-order valence-electron chi connectivity index (χ4n) is 3.36. The first kappa shape index (κ1) is 17.3. The average molecular weight is 344 g/mol. The van der Waals surface area contributed by atoms with Crippen LogP contribution in [0.15, 0.2) is 30.9 Å². The van der Waals surface area contributed by atoms with Crippen LogP contribution in [-0.4, -0.2) is 40.9 Å². The first-order valence-electron chi connectivity index (χ1n) is 8.54. The van der Waals surface area contributed by atoms with E-state index in [1.807, 2.05) is 22.9 Å². The van der Waals surface area contributed by atoms with E-state index in [1.165, 1.54) is 0 Å². The molecular formula is C18H24N4O3. The van der Waals surface area contributed by atoms with Crippen LogP contribution in [0, 0.1) is 0 Å². The van der Waals surface area contributed by atoms with Crippen molar-refractivity contribution in [2.45, 2.75) is 44.2 Å². The van der Waals surface area contributed by atoms with Crippen LogP contribution < -0.4 is 14.8 Å². The van der Waals surface area contributed by atoms with Crippen molar-refractivity contribution in [3.63, 3.8) is 0 Å². The highest BCUT2D eigenvalue weighted by molar-refractivity contribution is 5.79. The highest BCUT2D eigenvalue weighted by Gasteiger charge is 2.24. The molecule has 1 aromatic heterocycles. The molecule has 2 aromatic rings. The van der Waals surface area contributed by atoms with Crippen molar-refractivity contribution >= 4 is 5.91 Å². The number of methoxy groups -OCH3 is 2. The predicted molar refractivity (Wildman–Crippen MR) is 92.7 cm³/mol. The van der Waals surface area contributed by atoms with Gasteiger partial charge in [-0.25, -0.2) is 9.67 Å². The summed E-state index contributed by atoms with van der Waals surface area (Å²) >= 11 is 0. The number of aromatic nitrogens is 3. The van der Waals surface area contributed by atoms with Crippen molar-refractivity contribution < 1.29 is 14.3 Å². The Labute approximate surface area is 147 Å². The number of carbonyl (C=O) groups excluding carboxylic acids is 1. The molecule has 25 heavy (non-hydrogen) atoms. The number of hydrogen-bond acceptors (Lipinski definition) is 5. The molecule has 7 heteroatoms. The van der Waals surface area contributed by atoms with Crippen LogP contribution in [0.4, 0.5) is 0 Å². The summed E-state index contributed by atoms with van der Waals surface area (Å²) < 4.78 is 12.5. The highest BCUT2D eigenvalue weighted by atomic mass is 16.5.